The van der Waals surface area contributed by atoms with Gasteiger partial charge in [0.2, 0.25) is 5.79 Å². The molecule has 3 atom stereocenters. The highest BCUT2D eigenvalue weighted by molar-refractivity contribution is 6.31. The molecular formula is C24H29ClFN5O2. The molecule has 2 aliphatic rings. The first-order chi connectivity index (χ1) is 15.8. The molecule has 9 heteroatoms. The summed E-state index contributed by atoms with van der Waals surface area (Å²) in [4.78, 5) is 6.39. The van der Waals surface area contributed by atoms with Crippen molar-refractivity contribution in [3.63, 3.8) is 0 Å². The molecule has 2 aliphatic heterocycles. The molecule has 1 aromatic heterocycles. The molecule has 4 rings (SSSR count). The van der Waals surface area contributed by atoms with Gasteiger partial charge in [0.25, 0.3) is 0 Å². The highest BCUT2D eigenvalue weighted by Gasteiger charge is 2.43. The van der Waals surface area contributed by atoms with Gasteiger partial charge in [-0.2, -0.15) is 0 Å². The molecule has 2 unspecified atom stereocenters. The number of methoxy groups -OCH3 is 1. The third-order valence-electron chi connectivity index (χ3n) is 6.08. The zero-order valence-electron chi connectivity index (χ0n) is 18.9. The van der Waals surface area contributed by atoms with Crippen LogP contribution in [0.1, 0.15) is 31.1 Å². The summed E-state index contributed by atoms with van der Waals surface area (Å²) in [5.41, 5.74) is 9.11. The van der Waals surface area contributed by atoms with Crippen molar-refractivity contribution in [2.24, 2.45) is 5.73 Å². The van der Waals surface area contributed by atoms with Crippen molar-refractivity contribution in [3.8, 4) is 5.75 Å². The predicted molar refractivity (Wildman–Crippen MR) is 127 cm³/mol. The van der Waals surface area contributed by atoms with Crippen LogP contribution in [0.15, 0.2) is 54.7 Å². The van der Waals surface area contributed by atoms with Crippen molar-refractivity contribution in [1.29, 1.82) is 0 Å². The molecule has 0 radical (unpaired) electrons. The molecule has 0 saturated carbocycles. The second-order valence-electron chi connectivity index (χ2n) is 8.27. The minimum atomic E-state index is -1.10. The van der Waals surface area contributed by atoms with E-state index in [2.05, 4.69) is 27.4 Å². The fourth-order valence-corrected chi connectivity index (χ4v) is 4.55. The lowest BCUT2D eigenvalue weighted by molar-refractivity contribution is -0.0173. The van der Waals surface area contributed by atoms with Crippen LogP contribution in [-0.2, 0) is 4.74 Å². The summed E-state index contributed by atoms with van der Waals surface area (Å²) in [5.74, 6) is -0.312. The summed E-state index contributed by atoms with van der Waals surface area (Å²) in [6, 6.07) is 6.18. The van der Waals surface area contributed by atoms with Crippen LogP contribution >= 0.6 is 11.6 Å². The van der Waals surface area contributed by atoms with Crippen molar-refractivity contribution < 1.29 is 13.9 Å². The number of piperazine rings is 1. The quantitative estimate of drug-likeness (QED) is 0.593. The monoisotopic (exact) mass is 473 g/mol. The normalized spacial score (nSPS) is 24.4. The van der Waals surface area contributed by atoms with Crippen molar-refractivity contribution in [3.05, 3.63) is 76.7 Å². The maximum atomic E-state index is 13.9. The minimum absolute atomic E-state index is 0.152. The van der Waals surface area contributed by atoms with E-state index in [0.29, 0.717) is 22.1 Å². The number of dihydropyridines is 1. The molecule has 176 valence electrons. The largest absolute Gasteiger partial charge is 0.496 e. The highest BCUT2D eigenvalue weighted by atomic mass is 35.5. The van der Waals surface area contributed by atoms with Gasteiger partial charge in [-0.3, -0.25) is 15.6 Å². The second kappa shape index (κ2) is 9.69. The SMILES string of the molecule is COc1ccncc1C1=CNC(N)(N2CCNC[C@@H]2C)C(OC(C)c2cc(F)ccc2Cl)=C1. The molecule has 0 bridgehead atoms. The summed E-state index contributed by atoms with van der Waals surface area (Å²) < 4.78 is 25.9. The number of nitrogens with two attached hydrogens (primary N) is 1. The van der Waals surface area contributed by atoms with E-state index in [0.717, 1.165) is 30.8 Å². The Labute approximate surface area is 198 Å². The third-order valence-corrected chi connectivity index (χ3v) is 6.42. The van der Waals surface area contributed by atoms with Crippen molar-refractivity contribution in [2.45, 2.75) is 31.8 Å². The maximum Gasteiger partial charge on any atom is 0.203 e. The number of allylic oxidation sites excluding steroid dienone is 2. The number of ether oxygens (including phenoxy) is 2. The average molecular weight is 474 g/mol. The number of benzene rings is 1. The van der Waals surface area contributed by atoms with Gasteiger partial charge in [0, 0.05) is 66.0 Å². The Morgan fingerprint density at radius 2 is 2.18 bits per heavy atom. The number of nitrogens with one attached hydrogen (secondary N) is 2. The average Bonchev–Trinajstić information content (AvgIpc) is 2.82. The van der Waals surface area contributed by atoms with Gasteiger partial charge in [0.15, 0.2) is 5.76 Å². The molecule has 4 N–H and O–H groups in total. The van der Waals surface area contributed by atoms with Gasteiger partial charge in [-0.05, 0) is 44.2 Å². The Morgan fingerprint density at radius 1 is 1.36 bits per heavy atom. The minimum Gasteiger partial charge on any atom is -0.496 e. The van der Waals surface area contributed by atoms with E-state index >= 15 is 0 Å². The summed E-state index contributed by atoms with van der Waals surface area (Å²) in [6.07, 6.45) is 6.58. The zero-order chi connectivity index (χ0) is 23.6. The van der Waals surface area contributed by atoms with Crippen LogP contribution in [-0.4, -0.2) is 48.5 Å². The lowest BCUT2D eigenvalue weighted by Gasteiger charge is -2.48. The number of rotatable bonds is 6. The van der Waals surface area contributed by atoms with Crippen LogP contribution in [0, 0.1) is 5.82 Å². The van der Waals surface area contributed by atoms with Crippen LogP contribution in [0.25, 0.3) is 5.57 Å². The molecule has 0 amide bonds. The van der Waals surface area contributed by atoms with Gasteiger partial charge < -0.3 is 20.1 Å². The van der Waals surface area contributed by atoms with Gasteiger partial charge >= 0.3 is 0 Å². The molecular weight excluding hydrogens is 445 g/mol. The maximum absolute atomic E-state index is 13.9. The smallest absolute Gasteiger partial charge is 0.203 e. The molecule has 33 heavy (non-hydrogen) atoms. The Bertz CT molecular complexity index is 1080. The lowest BCUT2D eigenvalue weighted by atomic mass is 10.00. The summed E-state index contributed by atoms with van der Waals surface area (Å²) in [6.45, 7) is 6.25. The fourth-order valence-electron chi connectivity index (χ4n) is 4.28. The van der Waals surface area contributed by atoms with Gasteiger partial charge in [0.05, 0.1) is 7.11 Å². The number of halogens is 2. The first-order valence-electron chi connectivity index (χ1n) is 10.9. The Hall–Kier alpha value is -2.65. The first-order valence-corrected chi connectivity index (χ1v) is 11.3. The van der Waals surface area contributed by atoms with Gasteiger partial charge in [-0.15, -0.1) is 0 Å². The molecule has 1 aromatic carbocycles. The van der Waals surface area contributed by atoms with Crippen LogP contribution < -0.4 is 21.1 Å². The van der Waals surface area contributed by atoms with Crippen LogP contribution in [0.2, 0.25) is 5.02 Å². The summed E-state index contributed by atoms with van der Waals surface area (Å²) in [5, 5.41) is 7.17. The number of hydrogen-bond donors (Lipinski definition) is 3. The van der Waals surface area contributed by atoms with Gasteiger partial charge in [-0.1, -0.05) is 11.6 Å². The molecule has 1 saturated heterocycles. The number of nitrogens with zero attached hydrogens (tertiary/aromatic N) is 2. The molecule has 1 fully saturated rings. The van der Waals surface area contributed by atoms with Crippen LogP contribution in [0.4, 0.5) is 4.39 Å². The van der Waals surface area contributed by atoms with E-state index in [1.807, 2.05) is 19.2 Å². The molecule has 7 nitrogen and oxygen atoms in total. The standard InChI is InChI=1S/C24H29ClFN5O2/c1-15-12-29-8-9-31(15)24(27)23(33-16(2)19-11-18(26)4-5-21(19)25)10-17(13-30-24)20-14-28-7-6-22(20)32-3/h4-7,10-11,13-16,29-30H,8-9,12,27H2,1-3H3/t15-,16?,24?/m0/s1. The number of hydrogen-bond acceptors (Lipinski definition) is 7. The second-order valence-corrected chi connectivity index (χ2v) is 8.67. The Balaban J connectivity index is 1.74. The summed E-state index contributed by atoms with van der Waals surface area (Å²) in [7, 11) is 1.61. The van der Waals surface area contributed by atoms with Crippen molar-refractivity contribution in [2.75, 3.05) is 26.7 Å². The lowest BCUT2D eigenvalue weighted by Crippen LogP contribution is -2.71. The molecule has 0 aliphatic carbocycles. The van der Waals surface area contributed by atoms with E-state index in [9.17, 15) is 4.39 Å². The summed E-state index contributed by atoms with van der Waals surface area (Å²) >= 11 is 6.35. The van der Waals surface area contributed by atoms with Crippen molar-refractivity contribution >= 4 is 17.2 Å². The zero-order valence-corrected chi connectivity index (χ0v) is 19.7. The van der Waals surface area contributed by atoms with Gasteiger partial charge in [-0.25, -0.2) is 4.39 Å². The van der Waals surface area contributed by atoms with Gasteiger partial charge in [0.1, 0.15) is 17.7 Å². The molecule has 2 aromatic rings. The molecule has 3 heterocycles. The Morgan fingerprint density at radius 3 is 2.94 bits per heavy atom. The van der Waals surface area contributed by atoms with Crippen molar-refractivity contribution in [1.82, 2.24) is 20.5 Å². The van der Waals surface area contributed by atoms with E-state index in [1.54, 1.807) is 25.6 Å². The predicted octanol–water partition coefficient (Wildman–Crippen LogP) is 3.39. The third kappa shape index (κ3) is 4.70. The fraction of sp³-hybridized carbons (Fsp3) is 0.375. The molecule has 0 spiro atoms. The number of aromatic nitrogens is 1. The number of pyridine rings is 1. The van der Waals surface area contributed by atoms with Crippen LogP contribution in [0.3, 0.4) is 0 Å². The first kappa shape index (κ1) is 23.5. The van der Waals surface area contributed by atoms with E-state index in [-0.39, 0.29) is 11.9 Å². The highest BCUT2D eigenvalue weighted by Crippen LogP contribution is 2.36. The Kier molecular flexibility index (Phi) is 6.90. The topological polar surface area (TPSA) is 84.7 Å². The van der Waals surface area contributed by atoms with E-state index in [1.165, 1.54) is 18.2 Å². The van der Waals surface area contributed by atoms with Crippen LogP contribution in [0.5, 0.6) is 5.75 Å². The van der Waals surface area contributed by atoms with E-state index in [4.69, 9.17) is 26.8 Å². The van der Waals surface area contributed by atoms with E-state index < -0.39 is 11.9 Å².